The van der Waals surface area contributed by atoms with Crippen LogP contribution in [0.5, 0.6) is 0 Å². The van der Waals surface area contributed by atoms with Crippen molar-refractivity contribution in [1.29, 1.82) is 0 Å². The first-order valence-corrected chi connectivity index (χ1v) is 8.95. The highest BCUT2D eigenvalue weighted by atomic mass is 127. The lowest BCUT2D eigenvalue weighted by Gasteiger charge is -2.35. The van der Waals surface area contributed by atoms with Crippen molar-refractivity contribution in [2.45, 2.75) is 32.7 Å². The van der Waals surface area contributed by atoms with Gasteiger partial charge in [-0.15, -0.1) is 24.0 Å². The topological polar surface area (TPSA) is 68.8 Å². The zero-order valence-corrected chi connectivity index (χ0v) is 18.5. The third kappa shape index (κ3) is 6.34. The van der Waals surface area contributed by atoms with E-state index >= 15 is 0 Å². The van der Waals surface area contributed by atoms with Gasteiger partial charge in [0.1, 0.15) is 0 Å². The highest BCUT2D eigenvalue weighted by Crippen LogP contribution is 2.19. The summed E-state index contributed by atoms with van der Waals surface area (Å²) in [7, 11) is 3.43. The molecule has 0 bridgehead atoms. The molecule has 0 aromatic heterocycles. The summed E-state index contributed by atoms with van der Waals surface area (Å²) in [5.41, 5.74) is 0.805. The van der Waals surface area contributed by atoms with Gasteiger partial charge in [-0.05, 0) is 38.8 Å². The zero-order valence-electron chi connectivity index (χ0n) is 16.2. The van der Waals surface area contributed by atoms with Gasteiger partial charge in [0.05, 0.1) is 5.41 Å². The Morgan fingerprint density at radius 2 is 1.85 bits per heavy atom. The van der Waals surface area contributed by atoms with E-state index < -0.39 is 5.41 Å². The first-order valence-electron chi connectivity index (χ1n) is 8.95. The lowest BCUT2D eigenvalue weighted by Crippen LogP contribution is -2.51. The van der Waals surface area contributed by atoms with Gasteiger partial charge in [-0.3, -0.25) is 9.79 Å². The quantitative estimate of drug-likeness (QED) is 0.349. The summed E-state index contributed by atoms with van der Waals surface area (Å²) in [4.78, 5) is 18.6. The Bertz CT molecular complexity index is 583. The van der Waals surface area contributed by atoms with Crippen molar-refractivity contribution < 1.29 is 4.79 Å². The Morgan fingerprint density at radius 1 is 1.23 bits per heavy atom. The summed E-state index contributed by atoms with van der Waals surface area (Å²) in [6.07, 6.45) is 2.13. The molecule has 1 fully saturated rings. The number of amides is 1. The fourth-order valence-electron chi connectivity index (χ4n) is 3.03. The van der Waals surface area contributed by atoms with Crippen molar-refractivity contribution >= 4 is 41.5 Å². The van der Waals surface area contributed by atoms with E-state index in [-0.39, 0.29) is 29.9 Å². The number of para-hydroxylation sites is 1. The second-order valence-electron chi connectivity index (χ2n) is 7.13. The van der Waals surface area contributed by atoms with Crippen molar-refractivity contribution in [3.05, 3.63) is 30.3 Å². The summed E-state index contributed by atoms with van der Waals surface area (Å²) in [6.45, 7) is 6.44. The smallest absolute Gasteiger partial charge is 0.227 e. The SMILES string of the molecule is CN=C(NCC(C)(C)C(=O)NC)NC1CCN(c2ccccc2)CC1.I. The Hall–Kier alpha value is -1.51. The summed E-state index contributed by atoms with van der Waals surface area (Å²) < 4.78 is 0. The molecule has 1 aliphatic heterocycles. The van der Waals surface area contributed by atoms with Gasteiger partial charge < -0.3 is 20.9 Å². The average molecular weight is 473 g/mol. The largest absolute Gasteiger partial charge is 0.371 e. The number of guanidine groups is 1. The van der Waals surface area contributed by atoms with E-state index in [1.165, 1.54) is 5.69 Å². The lowest BCUT2D eigenvalue weighted by molar-refractivity contribution is -0.128. The molecule has 2 rings (SSSR count). The van der Waals surface area contributed by atoms with E-state index in [1.807, 2.05) is 19.9 Å². The maximum atomic E-state index is 11.9. The minimum absolute atomic E-state index is 0. The molecule has 1 aliphatic rings. The fraction of sp³-hybridized carbons (Fsp3) is 0.579. The van der Waals surface area contributed by atoms with Gasteiger partial charge in [0.15, 0.2) is 5.96 Å². The minimum atomic E-state index is -0.483. The third-order valence-corrected chi connectivity index (χ3v) is 4.72. The maximum absolute atomic E-state index is 11.9. The number of halogens is 1. The molecule has 0 atom stereocenters. The number of rotatable bonds is 5. The number of aliphatic imine (C=N–C) groups is 1. The Labute approximate surface area is 174 Å². The molecule has 0 saturated carbocycles. The third-order valence-electron chi connectivity index (χ3n) is 4.72. The molecule has 1 amide bonds. The van der Waals surface area contributed by atoms with Crippen molar-refractivity contribution in [2.75, 3.05) is 38.6 Å². The number of benzene rings is 1. The number of hydrogen-bond acceptors (Lipinski definition) is 3. The first kappa shape index (κ1) is 22.5. The number of hydrogen-bond donors (Lipinski definition) is 3. The number of piperidine rings is 1. The van der Waals surface area contributed by atoms with Crippen molar-refractivity contribution in [1.82, 2.24) is 16.0 Å². The molecule has 0 radical (unpaired) electrons. The van der Waals surface area contributed by atoms with Crippen LogP contribution < -0.4 is 20.9 Å². The van der Waals surface area contributed by atoms with Gasteiger partial charge in [-0.1, -0.05) is 18.2 Å². The lowest BCUT2D eigenvalue weighted by atomic mass is 9.92. The van der Waals surface area contributed by atoms with Crippen molar-refractivity contribution in [2.24, 2.45) is 10.4 Å². The normalized spacial score (nSPS) is 15.8. The van der Waals surface area contributed by atoms with E-state index in [9.17, 15) is 4.79 Å². The van der Waals surface area contributed by atoms with E-state index in [1.54, 1.807) is 14.1 Å². The highest BCUT2D eigenvalue weighted by Gasteiger charge is 2.27. The first-order chi connectivity index (χ1) is 12.0. The molecule has 1 saturated heterocycles. The van der Waals surface area contributed by atoms with E-state index in [4.69, 9.17) is 0 Å². The maximum Gasteiger partial charge on any atom is 0.227 e. The molecule has 7 heteroatoms. The van der Waals surface area contributed by atoms with Crippen LogP contribution in [0.4, 0.5) is 5.69 Å². The number of nitrogens with one attached hydrogen (secondary N) is 3. The van der Waals surface area contributed by atoms with Crippen LogP contribution in [0.2, 0.25) is 0 Å². The molecule has 6 nitrogen and oxygen atoms in total. The molecule has 0 spiro atoms. The van der Waals surface area contributed by atoms with Crippen molar-refractivity contribution in [3.8, 4) is 0 Å². The van der Waals surface area contributed by atoms with Crippen LogP contribution in [0.1, 0.15) is 26.7 Å². The van der Waals surface area contributed by atoms with Gasteiger partial charge >= 0.3 is 0 Å². The summed E-state index contributed by atoms with van der Waals surface area (Å²) in [5.74, 6) is 0.779. The van der Waals surface area contributed by atoms with Gasteiger partial charge in [0.25, 0.3) is 0 Å². The Morgan fingerprint density at radius 3 is 2.38 bits per heavy atom. The number of anilines is 1. The fourth-order valence-corrected chi connectivity index (χ4v) is 3.03. The van der Waals surface area contributed by atoms with Crippen LogP contribution in [-0.2, 0) is 4.79 Å². The predicted molar refractivity (Wildman–Crippen MR) is 119 cm³/mol. The molecule has 1 aromatic carbocycles. The standard InChI is InChI=1S/C19H31N5O.HI/c1-19(2,17(25)20-3)14-22-18(21-4)23-15-10-12-24(13-11-15)16-8-6-5-7-9-16;/h5-9,15H,10-14H2,1-4H3,(H,20,25)(H2,21,22,23);1H. The summed E-state index contributed by atoms with van der Waals surface area (Å²) in [5, 5.41) is 9.47. The van der Waals surface area contributed by atoms with Crippen LogP contribution in [-0.4, -0.2) is 51.6 Å². The Balaban J connectivity index is 0.00000338. The van der Waals surface area contributed by atoms with Crippen LogP contribution >= 0.6 is 24.0 Å². The summed E-state index contributed by atoms with van der Waals surface area (Å²) >= 11 is 0. The second-order valence-corrected chi connectivity index (χ2v) is 7.13. The summed E-state index contributed by atoms with van der Waals surface area (Å²) in [6, 6.07) is 10.9. The van der Waals surface area contributed by atoms with Crippen LogP contribution in [0.25, 0.3) is 0 Å². The molecule has 146 valence electrons. The minimum Gasteiger partial charge on any atom is -0.371 e. The second kappa shape index (κ2) is 10.6. The van der Waals surface area contributed by atoms with Gasteiger partial charge in [0, 0.05) is 45.5 Å². The Kier molecular flexibility index (Phi) is 9.18. The van der Waals surface area contributed by atoms with E-state index in [0.29, 0.717) is 12.6 Å². The molecule has 1 heterocycles. The highest BCUT2D eigenvalue weighted by molar-refractivity contribution is 14.0. The van der Waals surface area contributed by atoms with Gasteiger partial charge in [0.2, 0.25) is 5.91 Å². The number of nitrogens with zero attached hydrogens (tertiary/aromatic N) is 2. The van der Waals surface area contributed by atoms with Crippen LogP contribution in [0, 0.1) is 5.41 Å². The molecule has 0 aliphatic carbocycles. The zero-order chi connectivity index (χ0) is 18.3. The predicted octanol–water partition coefficient (Wildman–Crippen LogP) is 2.21. The van der Waals surface area contributed by atoms with E-state index in [0.717, 1.165) is 31.9 Å². The van der Waals surface area contributed by atoms with Gasteiger partial charge in [-0.2, -0.15) is 0 Å². The molecule has 1 aromatic rings. The number of carbonyl (C=O) groups is 1. The van der Waals surface area contributed by atoms with Crippen LogP contribution in [0.15, 0.2) is 35.3 Å². The molecule has 3 N–H and O–H groups in total. The van der Waals surface area contributed by atoms with E-state index in [2.05, 4.69) is 50.1 Å². The van der Waals surface area contributed by atoms with Crippen LogP contribution in [0.3, 0.4) is 0 Å². The molecule has 26 heavy (non-hydrogen) atoms. The molecular formula is C19H32IN5O. The van der Waals surface area contributed by atoms with Gasteiger partial charge in [-0.25, -0.2) is 0 Å². The average Bonchev–Trinajstić information content (AvgIpc) is 2.65. The number of carbonyl (C=O) groups excluding carboxylic acids is 1. The molecule has 0 unspecified atom stereocenters. The molecular weight excluding hydrogens is 441 g/mol. The monoisotopic (exact) mass is 473 g/mol. The van der Waals surface area contributed by atoms with Crippen molar-refractivity contribution in [3.63, 3.8) is 0 Å².